The number of amides is 1. The highest BCUT2D eigenvalue weighted by Gasteiger charge is 2.46. The monoisotopic (exact) mass is 322 g/mol. The van der Waals surface area contributed by atoms with Crippen LogP contribution in [0.15, 0.2) is 24.3 Å². The Hall–Kier alpha value is -2.18. The first kappa shape index (κ1) is 17.2. The minimum atomic E-state index is -1.37. The molecule has 0 aliphatic carbocycles. The van der Waals surface area contributed by atoms with E-state index in [1.807, 2.05) is 6.07 Å². The second kappa shape index (κ2) is 7.39. The van der Waals surface area contributed by atoms with Crippen LogP contribution in [0.2, 0.25) is 0 Å². The van der Waals surface area contributed by atoms with Gasteiger partial charge in [0.25, 0.3) is 0 Å². The normalized spacial score (nSPS) is 30.3. The highest BCUT2D eigenvalue weighted by molar-refractivity contribution is 5.73. The lowest BCUT2D eigenvalue weighted by Gasteiger charge is -2.42. The van der Waals surface area contributed by atoms with Crippen molar-refractivity contribution in [1.82, 2.24) is 5.32 Å². The zero-order chi connectivity index (χ0) is 17.0. The Balaban J connectivity index is 2.19. The van der Waals surface area contributed by atoms with E-state index < -0.39 is 43.2 Å². The smallest absolute Gasteiger partial charge is 0.223 e. The Morgan fingerprint density at radius 1 is 1.35 bits per heavy atom. The van der Waals surface area contributed by atoms with E-state index in [1.165, 1.54) is 19.1 Å². The van der Waals surface area contributed by atoms with E-state index in [0.29, 0.717) is 11.3 Å². The molecular formula is C15H18N2O6. The van der Waals surface area contributed by atoms with E-state index in [9.17, 15) is 20.1 Å². The van der Waals surface area contributed by atoms with Crippen LogP contribution >= 0.6 is 0 Å². The van der Waals surface area contributed by atoms with E-state index in [4.69, 9.17) is 14.7 Å². The van der Waals surface area contributed by atoms with Crippen molar-refractivity contribution >= 4 is 5.91 Å². The summed E-state index contributed by atoms with van der Waals surface area (Å²) in [5.41, 5.74) is 0.448. The van der Waals surface area contributed by atoms with Gasteiger partial charge in [0.05, 0.1) is 18.2 Å². The maximum Gasteiger partial charge on any atom is 0.223 e. The first-order valence-corrected chi connectivity index (χ1v) is 7.02. The van der Waals surface area contributed by atoms with Crippen LogP contribution in [0.1, 0.15) is 12.5 Å². The third-order valence-electron chi connectivity index (χ3n) is 3.49. The molecule has 124 valence electrons. The third-order valence-corrected chi connectivity index (χ3v) is 3.49. The molecule has 2 rings (SSSR count). The predicted molar refractivity (Wildman–Crippen MR) is 77.2 cm³/mol. The molecule has 4 N–H and O–H groups in total. The van der Waals surface area contributed by atoms with Crippen molar-refractivity contribution in [2.75, 3.05) is 6.61 Å². The van der Waals surface area contributed by atoms with Gasteiger partial charge in [-0.05, 0) is 24.3 Å². The van der Waals surface area contributed by atoms with Crippen molar-refractivity contribution in [3.05, 3.63) is 29.8 Å². The molecule has 0 spiro atoms. The molecular weight excluding hydrogens is 304 g/mol. The molecule has 1 amide bonds. The molecule has 1 aromatic carbocycles. The summed E-state index contributed by atoms with van der Waals surface area (Å²) in [4.78, 5) is 11.3. The van der Waals surface area contributed by atoms with Crippen LogP contribution in [0.4, 0.5) is 0 Å². The van der Waals surface area contributed by atoms with Crippen molar-refractivity contribution < 1.29 is 29.6 Å². The maximum absolute atomic E-state index is 11.3. The average molecular weight is 322 g/mol. The Bertz CT molecular complexity index is 585. The van der Waals surface area contributed by atoms with Crippen molar-refractivity contribution in [2.45, 2.75) is 37.6 Å². The van der Waals surface area contributed by atoms with Gasteiger partial charge < -0.3 is 30.1 Å². The van der Waals surface area contributed by atoms with E-state index in [1.54, 1.807) is 12.1 Å². The molecule has 8 heteroatoms. The van der Waals surface area contributed by atoms with E-state index in [-0.39, 0.29) is 0 Å². The lowest BCUT2D eigenvalue weighted by molar-refractivity contribution is -0.244. The molecule has 2 unspecified atom stereocenters. The number of carbonyl (C=O) groups is 1. The zero-order valence-corrected chi connectivity index (χ0v) is 12.4. The van der Waals surface area contributed by atoms with Gasteiger partial charge in [0.15, 0.2) is 0 Å². The van der Waals surface area contributed by atoms with Gasteiger partial charge in [-0.1, -0.05) is 0 Å². The van der Waals surface area contributed by atoms with Crippen molar-refractivity contribution in [3.8, 4) is 11.8 Å². The number of hydrogen-bond donors (Lipinski definition) is 4. The minimum Gasteiger partial charge on any atom is -0.463 e. The lowest BCUT2D eigenvalue weighted by atomic mass is 9.97. The first-order valence-electron chi connectivity index (χ1n) is 7.02. The predicted octanol–water partition coefficient (Wildman–Crippen LogP) is -1.12. The summed E-state index contributed by atoms with van der Waals surface area (Å²) in [5.74, 6) is -0.0784. The Morgan fingerprint density at radius 3 is 2.52 bits per heavy atom. The Morgan fingerprint density at radius 2 is 2.00 bits per heavy atom. The van der Waals surface area contributed by atoms with Crippen LogP contribution in [0, 0.1) is 11.3 Å². The summed E-state index contributed by atoms with van der Waals surface area (Å²) in [6.45, 7) is 0.744. The van der Waals surface area contributed by atoms with Crippen molar-refractivity contribution in [1.29, 1.82) is 5.26 Å². The summed E-state index contributed by atoms with van der Waals surface area (Å²) in [6.07, 6.45) is -4.88. The molecule has 8 nitrogen and oxygen atoms in total. The molecule has 1 heterocycles. The maximum atomic E-state index is 11.3. The molecule has 1 aliphatic heterocycles. The van der Waals surface area contributed by atoms with Crippen LogP contribution in [0.5, 0.6) is 5.75 Å². The van der Waals surface area contributed by atoms with E-state index in [0.717, 1.165) is 0 Å². The second-order valence-corrected chi connectivity index (χ2v) is 5.19. The molecule has 0 radical (unpaired) electrons. The van der Waals surface area contributed by atoms with Gasteiger partial charge in [-0.2, -0.15) is 5.26 Å². The average Bonchev–Trinajstić information content (AvgIpc) is 2.54. The number of carbonyl (C=O) groups excluding carboxylic acids is 1. The number of rotatable bonds is 4. The molecule has 0 aromatic heterocycles. The first-order chi connectivity index (χ1) is 11.0. The van der Waals surface area contributed by atoms with Crippen LogP contribution in [0.25, 0.3) is 0 Å². The van der Waals surface area contributed by atoms with Crippen LogP contribution in [-0.2, 0) is 9.53 Å². The molecule has 23 heavy (non-hydrogen) atoms. The zero-order valence-electron chi connectivity index (χ0n) is 12.4. The number of aliphatic hydroxyl groups excluding tert-OH is 3. The quantitative estimate of drug-likeness (QED) is 0.552. The standard InChI is InChI=1S/C15H18N2O6/c1-8(19)17-12-14(21)13(20)11(7-18)23-15(12)22-10-4-2-9(6-16)3-5-10/h2-5,11-15,18,20-21H,7H2,1H3,(H,17,19)/t11?,12?,13-,14-,15-/m1/s1. The van der Waals surface area contributed by atoms with Crippen molar-refractivity contribution in [3.63, 3.8) is 0 Å². The van der Waals surface area contributed by atoms with Gasteiger partial charge in [0, 0.05) is 6.92 Å². The van der Waals surface area contributed by atoms with Crippen LogP contribution in [-0.4, -0.2) is 58.5 Å². The van der Waals surface area contributed by atoms with Gasteiger partial charge in [0.1, 0.15) is 30.1 Å². The second-order valence-electron chi connectivity index (χ2n) is 5.19. The molecule has 0 bridgehead atoms. The third kappa shape index (κ3) is 3.97. The van der Waals surface area contributed by atoms with E-state index >= 15 is 0 Å². The van der Waals surface area contributed by atoms with Gasteiger partial charge >= 0.3 is 0 Å². The number of nitrogens with zero attached hydrogens (tertiary/aromatic N) is 1. The number of benzene rings is 1. The molecule has 0 saturated carbocycles. The Labute approximate surface area is 132 Å². The topological polar surface area (TPSA) is 132 Å². The van der Waals surface area contributed by atoms with Gasteiger partial charge in [-0.15, -0.1) is 0 Å². The van der Waals surface area contributed by atoms with Gasteiger partial charge in [-0.3, -0.25) is 4.79 Å². The SMILES string of the molecule is CC(=O)NC1[C@H](Oc2ccc(C#N)cc2)OC(CO)[C@@H](O)[C@@H]1O. The van der Waals surface area contributed by atoms with Crippen molar-refractivity contribution in [2.24, 2.45) is 0 Å². The summed E-state index contributed by atoms with van der Waals surface area (Å²) in [6, 6.07) is 7.12. The molecule has 1 saturated heterocycles. The summed E-state index contributed by atoms with van der Waals surface area (Å²) in [7, 11) is 0. The summed E-state index contributed by atoms with van der Waals surface area (Å²) >= 11 is 0. The summed E-state index contributed by atoms with van der Waals surface area (Å²) in [5, 5.41) is 40.5. The molecule has 1 aliphatic rings. The van der Waals surface area contributed by atoms with E-state index in [2.05, 4.69) is 5.32 Å². The fraction of sp³-hybridized carbons (Fsp3) is 0.467. The van der Waals surface area contributed by atoms with Crippen LogP contribution in [0.3, 0.4) is 0 Å². The number of hydrogen-bond acceptors (Lipinski definition) is 7. The lowest BCUT2D eigenvalue weighted by Crippen LogP contribution is -2.65. The van der Waals surface area contributed by atoms with Gasteiger partial charge in [-0.25, -0.2) is 0 Å². The molecule has 5 atom stereocenters. The van der Waals surface area contributed by atoms with Gasteiger partial charge in [0.2, 0.25) is 12.2 Å². The largest absolute Gasteiger partial charge is 0.463 e. The fourth-order valence-electron chi connectivity index (χ4n) is 2.31. The fourth-order valence-corrected chi connectivity index (χ4v) is 2.31. The molecule has 1 aromatic rings. The number of nitriles is 1. The minimum absolute atomic E-state index is 0.352. The Kier molecular flexibility index (Phi) is 5.52. The highest BCUT2D eigenvalue weighted by atomic mass is 16.7. The molecule has 1 fully saturated rings. The number of nitrogens with one attached hydrogen (secondary N) is 1. The number of ether oxygens (including phenoxy) is 2. The number of aliphatic hydroxyl groups is 3. The van der Waals surface area contributed by atoms with Crippen LogP contribution < -0.4 is 10.1 Å². The highest BCUT2D eigenvalue weighted by Crippen LogP contribution is 2.24. The summed E-state index contributed by atoms with van der Waals surface area (Å²) < 4.78 is 11.0.